The van der Waals surface area contributed by atoms with E-state index in [9.17, 15) is 4.79 Å². The van der Waals surface area contributed by atoms with Gasteiger partial charge in [-0.3, -0.25) is 10.1 Å². The number of aryl methyl sites for hydroxylation is 4. The number of nitrogens with one attached hydrogen (secondary N) is 1. The van der Waals surface area contributed by atoms with E-state index in [1.807, 2.05) is 32.0 Å². The van der Waals surface area contributed by atoms with Crippen LogP contribution in [0.5, 0.6) is 0 Å². The summed E-state index contributed by atoms with van der Waals surface area (Å²) in [6.07, 6.45) is 5.88. The topological polar surface area (TPSA) is 42.0 Å². The third-order valence-corrected chi connectivity index (χ3v) is 5.02. The fourth-order valence-corrected chi connectivity index (χ4v) is 3.86. The molecule has 1 amide bonds. The zero-order valence-electron chi connectivity index (χ0n) is 12.5. The number of nitrogens with zero attached hydrogens (tertiary/aromatic N) is 1. The first-order valence-corrected chi connectivity index (χ1v) is 8.32. The highest BCUT2D eigenvalue weighted by Gasteiger charge is 2.16. The lowest BCUT2D eigenvalue weighted by atomic mass is 10.1. The zero-order valence-corrected chi connectivity index (χ0v) is 13.3. The average molecular weight is 300 g/mol. The van der Waals surface area contributed by atoms with Gasteiger partial charge < -0.3 is 0 Å². The highest BCUT2D eigenvalue weighted by Crippen LogP contribution is 2.29. The van der Waals surface area contributed by atoms with Crippen LogP contribution in [-0.2, 0) is 12.8 Å². The van der Waals surface area contributed by atoms with Crippen LogP contribution >= 0.6 is 11.3 Å². The van der Waals surface area contributed by atoms with Crippen molar-refractivity contribution in [2.45, 2.75) is 46.0 Å². The maximum absolute atomic E-state index is 12.4. The maximum Gasteiger partial charge on any atom is 0.257 e. The van der Waals surface area contributed by atoms with Crippen molar-refractivity contribution in [2.75, 3.05) is 5.32 Å². The number of hydrogen-bond donors (Lipinski definition) is 1. The number of rotatable bonds is 2. The van der Waals surface area contributed by atoms with E-state index >= 15 is 0 Å². The maximum atomic E-state index is 12.4. The van der Waals surface area contributed by atoms with Crippen LogP contribution in [0.25, 0.3) is 0 Å². The third kappa shape index (κ3) is 3.16. The van der Waals surface area contributed by atoms with Gasteiger partial charge in [0.15, 0.2) is 5.13 Å². The molecule has 0 spiro atoms. The van der Waals surface area contributed by atoms with Crippen LogP contribution in [0.2, 0.25) is 0 Å². The van der Waals surface area contributed by atoms with Crippen molar-refractivity contribution in [3.63, 3.8) is 0 Å². The van der Waals surface area contributed by atoms with Gasteiger partial charge in [-0.15, -0.1) is 11.3 Å². The highest BCUT2D eigenvalue weighted by atomic mass is 32.1. The molecule has 0 atom stereocenters. The molecule has 1 N–H and O–H groups in total. The summed E-state index contributed by atoms with van der Waals surface area (Å²) in [6.45, 7) is 4.01. The van der Waals surface area contributed by atoms with Crippen molar-refractivity contribution in [3.8, 4) is 0 Å². The minimum Gasteiger partial charge on any atom is -0.298 e. The number of carbonyl (C=O) groups excluding carboxylic acids is 1. The van der Waals surface area contributed by atoms with Gasteiger partial charge in [-0.1, -0.05) is 24.1 Å². The molecule has 2 aromatic rings. The number of fused-ring (bicyclic) bond motifs is 1. The zero-order chi connectivity index (χ0) is 14.8. The monoisotopic (exact) mass is 300 g/mol. The first-order valence-electron chi connectivity index (χ1n) is 7.50. The molecule has 1 aliphatic rings. The Balaban J connectivity index is 1.78. The predicted molar refractivity (Wildman–Crippen MR) is 87.2 cm³/mol. The molecule has 0 bridgehead atoms. The third-order valence-electron chi connectivity index (χ3n) is 3.94. The normalized spacial score (nSPS) is 14.4. The molecule has 1 aliphatic carbocycles. The Hall–Kier alpha value is -1.68. The minimum atomic E-state index is -0.0589. The molecule has 3 nitrogen and oxygen atoms in total. The summed E-state index contributed by atoms with van der Waals surface area (Å²) in [6, 6.07) is 5.89. The van der Waals surface area contributed by atoms with E-state index in [1.165, 1.54) is 35.4 Å². The van der Waals surface area contributed by atoms with Crippen LogP contribution < -0.4 is 5.32 Å². The van der Waals surface area contributed by atoms with Gasteiger partial charge in [-0.05, 0) is 51.2 Å². The van der Waals surface area contributed by atoms with E-state index in [-0.39, 0.29) is 5.91 Å². The Morgan fingerprint density at radius 1 is 1.19 bits per heavy atom. The highest BCUT2D eigenvalue weighted by molar-refractivity contribution is 7.15. The molecular weight excluding hydrogens is 280 g/mol. The second-order valence-electron chi connectivity index (χ2n) is 5.72. The Morgan fingerprint density at radius 3 is 2.81 bits per heavy atom. The van der Waals surface area contributed by atoms with Crippen LogP contribution in [-0.4, -0.2) is 10.9 Å². The van der Waals surface area contributed by atoms with Crippen molar-refractivity contribution in [2.24, 2.45) is 0 Å². The van der Waals surface area contributed by atoms with Gasteiger partial charge in [-0.25, -0.2) is 4.98 Å². The summed E-state index contributed by atoms with van der Waals surface area (Å²) in [5, 5.41) is 3.71. The molecule has 0 saturated carbocycles. The quantitative estimate of drug-likeness (QED) is 0.841. The van der Waals surface area contributed by atoms with Crippen LogP contribution in [0.3, 0.4) is 0 Å². The number of anilines is 1. The average Bonchev–Trinajstić information content (AvgIpc) is 2.67. The second-order valence-corrected chi connectivity index (χ2v) is 6.81. The van der Waals surface area contributed by atoms with Crippen LogP contribution in [0.4, 0.5) is 5.13 Å². The number of benzene rings is 1. The summed E-state index contributed by atoms with van der Waals surface area (Å²) in [5.41, 5.74) is 4.09. The molecular formula is C17H20N2OS. The van der Waals surface area contributed by atoms with Gasteiger partial charge in [0.25, 0.3) is 5.91 Å². The summed E-state index contributed by atoms with van der Waals surface area (Å²) in [4.78, 5) is 18.3. The fourth-order valence-electron chi connectivity index (χ4n) is 2.82. The largest absolute Gasteiger partial charge is 0.298 e. The molecule has 21 heavy (non-hydrogen) atoms. The fraction of sp³-hybridized carbons (Fsp3) is 0.412. The SMILES string of the molecule is Cc1ccc(C(=O)Nc2nc3c(s2)CCCCC3)c(C)c1. The Bertz CT molecular complexity index is 652. The van der Waals surface area contributed by atoms with Gasteiger partial charge in [0, 0.05) is 10.4 Å². The van der Waals surface area contributed by atoms with Crippen molar-refractivity contribution in [1.82, 2.24) is 4.98 Å². The van der Waals surface area contributed by atoms with Crippen LogP contribution in [0, 0.1) is 13.8 Å². The Kier molecular flexibility index (Phi) is 4.06. The number of carbonyl (C=O) groups is 1. The molecule has 0 fully saturated rings. The minimum absolute atomic E-state index is 0.0589. The van der Waals surface area contributed by atoms with E-state index in [2.05, 4.69) is 10.3 Å². The van der Waals surface area contributed by atoms with E-state index < -0.39 is 0 Å². The van der Waals surface area contributed by atoms with Crippen molar-refractivity contribution >= 4 is 22.4 Å². The molecule has 1 aromatic carbocycles. The lowest BCUT2D eigenvalue weighted by Crippen LogP contribution is -2.13. The van der Waals surface area contributed by atoms with E-state index in [1.54, 1.807) is 11.3 Å². The number of thiazole rings is 1. The second kappa shape index (κ2) is 5.98. The Morgan fingerprint density at radius 2 is 2.00 bits per heavy atom. The molecule has 4 heteroatoms. The van der Waals surface area contributed by atoms with Gasteiger partial charge in [0.2, 0.25) is 0 Å². The molecule has 0 aliphatic heterocycles. The molecule has 110 valence electrons. The van der Waals surface area contributed by atoms with Crippen molar-refractivity contribution in [3.05, 3.63) is 45.5 Å². The van der Waals surface area contributed by atoms with Crippen molar-refractivity contribution in [1.29, 1.82) is 0 Å². The van der Waals surface area contributed by atoms with Gasteiger partial charge in [0.1, 0.15) is 0 Å². The van der Waals surface area contributed by atoms with Crippen LogP contribution in [0.15, 0.2) is 18.2 Å². The first-order chi connectivity index (χ1) is 10.1. The summed E-state index contributed by atoms with van der Waals surface area (Å²) >= 11 is 1.64. The summed E-state index contributed by atoms with van der Waals surface area (Å²) in [7, 11) is 0. The van der Waals surface area contributed by atoms with Gasteiger partial charge >= 0.3 is 0 Å². The Labute approximate surface area is 129 Å². The predicted octanol–water partition coefficient (Wildman–Crippen LogP) is 4.28. The van der Waals surface area contributed by atoms with E-state index in [0.29, 0.717) is 0 Å². The summed E-state index contributed by atoms with van der Waals surface area (Å²) < 4.78 is 0. The van der Waals surface area contributed by atoms with E-state index in [4.69, 9.17) is 0 Å². The van der Waals surface area contributed by atoms with E-state index in [0.717, 1.165) is 29.1 Å². The van der Waals surface area contributed by atoms with Gasteiger partial charge in [-0.2, -0.15) is 0 Å². The number of amides is 1. The lowest BCUT2D eigenvalue weighted by molar-refractivity contribution is 0.102. The first kappa shape index (κ1) is 14.3. The molecule has 0 unspecified atom stereocenters. The molecule has 1 heterocycles. The molecule has 0 radical (unpaired) electrons. The van der Waals surface area contributed by atoms with Gasteiger partial charge in [0.05, 0.1) is 5.69 Å². The number of aromatic nitrogens is 1. The molecule has 0 saturated heterocycles. The molecule has 1 aromatic heterocycles. The summed E-state index contributed by atoms with van der Waals surface area (Å²) in [5.74, 6) is -0.0589. The molecule has 3 rings (SSSR count). The lowest BCUT2D eigenvalue weighted by Gasteiger charge is -2.06. The van der Waals surface area contributed by atoms with Crippen LogP contribution in [0.1, 0.15) is 51.3 Å². The standard InChI is InChI=1S/C17H20N2OS/c1-11-8-9-13(12(2)10-11)16(20)19-17-18-14-6-4-3-5-7-15(14)21-17/h8-10H,3-7H2,1-2H3,(H,18,19,20). The van der Waals surface area contributed by atoms with Crippen molar-refractivity contribution < 1.29 is 4.79 Å². The smallest absolute Gasteiger partial charge is 0.257 e. The number of hydrogen-bond acceptors (Lipinski definition) is 3.